The van der Waals surface area contributed by atoms with Gasteiger partial charge in [-0.3, -0.25) is 4.90 Å². The van der Waals surface area contributed by atoms with E-state index in [4.69, 9.17) is 9.15 Å². The minimum absolute atomic E-state index is 0.0683. The van der Waals surface area contributed by atoms with Gasteiger partial charge in [0.1, 0.15) is 5.76 Å². The lowest BCUT2D eigenvalue weighted by Crippen LogP contribution is -2.44. The summed E-state index contributed by atoms with van der Waals surface area (Å²) in [5.41, 5.74) is 0. The van der Waals surface area contributed by atoms with E-state index >= 15 is 0 Å². The van der Waals surface area contributed by atoms with Crippen molar-refractivity contribution in [1.82, 2.24) is 9.21 Å². The highest BCUT2D eigenvalue weighted by Crippen LogP contribution is 2.24. The number of hydrogen-bond acceptors (Lipinski definition) is 5. The Morgan fingerprint density at radius 3 is 2.41 bits per heavy atom. The number of hydrogen-bond donors (Lipinski definition) is 0. The zero-order chi connectivity index (χ0) is 15.7. The summed E-state index contributed by atoms with van der Waals surface area (Å²) < 4.78 is 37.7. The summed E-state index contributed by atoms with van der Waals surface area (Å²) in [4.78, 5) is 2.24. The zero-order valence-corrected chi connectivity index (χ0v) is 14.0. The second-order valence-corrected chi connectivity index (χ2v) is 8.15. The molecule has 2 saturated heterocycles. The smallest absolute Gasteiger partial charge is 0.276 e. The van der Waals surface area contributed by atoms with E-state index in [1.807, 2.05) is 13.8 Å². The molecule has 2 atom stereocenters. The molecule has 0 unspecified atom stereocenters. The predicted octanol–water partition coefficient (Wildman–Crippen LogP) is 1.67. The molecule has 0 spiro atoms. The number of sulfonamides is 1. The molecule has 2 aliphatic rings. The lowest BCUT2D eigenvalue weighted by molar-refractivity contribution is -0.0720. The molecule has 0 N–H and O–H groups in total. The van der Waals surface area contributed by atoms with Gasteiger partial charge in [-0.25, -0.2) is 8.42 Å². The van der Waals surface area contributed by atoms with Gasteiger partial charge >= 0.3 is 0 Å². The fourth-order valence-corrected chi connectivity index (χ4v) is 4.72. The molecular formula is C15H24N2O4S. The van der Waals surface area contributed by atoms with E-state index in [1.165, 1.54) is 4.31 Å². The quantitative estimate of drug-likeness (QED) is 0.841. The van der Waals surface area contributed by atoms with Gasteiger partial charge in [0.2, 0.25) is 5.09 Å². The lowest BCUT2D eigenvalue weighted by atomic mass is 10.2. The van der Waals surface area contributed by atoms with Crippen molar-refractivity contribution in [2.24, 2.45) is 0 Å². The zero-order valence-electron chi connectivity index (χ0n) is 13.2. The van der Waals surface area contributed by atoms with Gasteiger partial charge in [-0.05, 0) is 38.8 Å². The molecule has 1 aromatic heterocycles. The van der Waals surface area contributed by atoms with Gasteiger partial charge in [-0.15, -0.1) is 0 Å². The van der Waals surface area contributed by atoms with Crippen molar-refractivity contribution in [3.05, 3.63) is 17.9 Å². The van der Waals surface area contributed by atoms with Crippen molar-refractivity contribution < 1.29 is 17.6 Å². The maximum Gasteiger partial charge on any atom is 0.276 e. The van der Waals surface area contributed by atoms with E-state index < -0.39 is 10.0 Å². The monoisotopic (exact) mass is 328 g/mol. The molecule has 3 rings (SSSR count). The van der Waals surface area contributed by atoms with E-state index in [9.17, 15) is 8.42 Å². The van der Waals surface area contributed by atoms with E-state index in [0.717, 1.165) is 25.9 Å². The second kappa shape index (κ2) is 6.31. The molecule has 124 valence electrons. The third-order valence-electron chi connectivity index (χ3n) is 4.17. The van der Waals surface area contributed by atoms with Crippen molar-refractivity contribution in [2.75, 3.05) is 26.2 Å². The average molecular weight is 328 g/mol. The number of nitrogens with zero attached hydrogens (tertiary/aromatic N) is 2. The van der Waals surface area contributed by atoms with Crippen LogP contribution in [0.15, 0.2) is 21.6 Å². The first kappa shape index (κ1) is 16.0. The highest BCUT2D eigenvalue weighted by atomic mass is 32.2. The molecule has 0 amide bonds. The van der Waals surface area contributed by atoms with Crippen molar-refractivity contribution >= 4 is 10.0 Å². The lowest BCUT2D eigenvalue weighted by Gasteiger charge is -2.34. The van der Waals surface area contributed by atoms with Gasteiger partial charge in [0.15, 0.2) is 0 Å². The number of morpholine rings is 1. The van der Waals surface area contributed by atoms with Crippen molar-refractivity contribution in [3.63, 3.8) is 0 Å². The van der Waals surface area contributed by atoms with Crippen LogP contribution in [0.2, 0.25) is 0 Å². The van der Waals surface area contributed by atoms with Gasteiger partial charge < -0.3 is 9.15 Å². The van der Waals surface area contributed by atoms with Crippen LogP contribution in [0.4, 0.5) is 0 Å². The van der Waals surface area contributed by atoms with Gasteiger partial charge in [0, 0.05) is 26.2 Å². The van der Waals surface area contributed by atoms with Gasteiger partial charge in [-0.2, -0.15) is 4.31 Å². The summed E-state index contributed by atoms with van der Waals surface area (Å²) in [7, 11) is -3.46. The first-order valence-electron chi connectivity index (χ1n) is 7.92. The molecular weight excluding hydrogens is 304 g/mol. The molecule has 0 aliphatic carbocycles. The third kappa shape index (κ3) is 3.37. The van der Waals surface area contributed by atoms with E-state index in [0.29, 0.717) is 25.4 Å². The Hall–Kier alpha value is -0.890. The normalized spacial score (nSPS) is 28.3. The Morgan fingerprint density at radius 1 is 1.14 bits per heavy atom. The number of rotatable bonds is 4. The summed E-state index contributed by atoms with van der Waals surface area (Å²) in [6, 6.07) is 3.35. The molecule has 0 aromatic carbocycles. The Kier molecular flexibility index (Phi) is 4.59. The minimum Gasteiger partial charge on any atom is -0.447 e. The van der Waals surface area contributed by atoms with Crippen LogP contribution < -0.4 is 0 Å². The highest BCUT2D eigenvalue weighted by Gasteiger charge is 2.30. The largest absolute Gasteiger partial charge is 0.447 e. The molecule has 1 aromatic rings. The van der Waals surface area contributed by atoms with Gasteiger partial charge in [0.05, 0.1) is 18.8 Å². The number of furan rings is 1. The van der Waals surface area contributed by atoms with Crippen molar-refractivity contribution in [2.45, 2.75) is 50.5 Å². The van der Waals surface area contributed by atoms with Crippen LogP contribution in [0.3, 0.4) is 0 Å². The second-order valence-electron chi connectivity index (χ2n) is 6.28. The first-order chi connectivity index (χ1) is 10.4. The van der Waals surface area contributed by atoms with Crippen LogP contribution in [0.25, 0.3) is 0 Å². The van der Waals surface area contributed by atoms with Crippen molar-refractivity contribution in [3.8, 4) is 0 Å². The van der Waals surface area contributed by atoms with Crippen LogP contribution in [0.5, 0.6) is 0 Å². The summed E-state index contributed by atoms with van der Waals surface area (Å²) in [5.74, 6) is 0.694. The summed E-state index contributed by atoms with van der Waals surface area (Å²) in [6.07, 6.45) is 2.23. The topological polar surface area (TPSA) is 63.0 Å². The molecule has 7 heteroatoms. The van der Waals surface area contributed by atoms with Gasteiger partial charge in [-0.1, -0.05) is 0 Å². The maximum absolute atomic E-state index is 12.4. The van der Waals surface area contributed by atoms with Crippen molar-refractivity contribution in [1.29, 1.82) is 0 Å². The SMILES string of the molecule is C[C@H]1CN(Cc2ccc(S(=O)(=O)N3CCCC3)o2)C[C@H](C)O1. The first-order valence-corrected chi connectivity index (χ1v) is 9.36. The Bertz CT molecular complexity index is 597. The van der Waals surface area contributed by atoms with Crippen LogP contribution in [-0.2, 0) is 21.3 Å². The average Bonchev–Trinajstić information content (AvgIpc) is 3.08. The standard InChI is InChI=1S/C15H24N2O4S/c1-12-9-16(10-13(2)20-12)11-14-5-6-15(21-14)22(18,19)17-7-3-4-8-17/h5-6,12-13H,3-4,7-11H2,1-2H3/t12-,13-/m0/s1. The fourth-order valence-electron chi connectivity index (χ4n) is 3.27. The maximum atomic E-state index is 12.4. The molecule has 22 heavy (non-hydrogen) atoms. The van der Waals surface area contributed by atoms with Crippen LogP contribution in [-0.4, -0.2) is 56.0 Å². The van der Waals surface area contributed by atoms with Crippen LogP contribution >= 0.6 is 0 Å². The predicted molar refractivity (Wildman–Crippen MR) is 82.0 cm³/mol. The Morgan fingerprint density at radius 2 is 1.77 bits per heavy atom. The highest BCUT2D eigenvalue weighted by molar-refractivity contribution is 7.89. The summed E-state index contributed by atoms with van der Waals surface area (Å²) >= 11 is 0. The van der Waals surface area contributed by atoms with Gasteiger partial charge in [0.25, 0.3) is 10.0 Å². The molecule has 0 radical (unpaired) electrons. The van der Waals surface area contributed by atoms with E-state index in [1.54, 1.807) is 12.1 Å². The molecule has 6 nitrogen and oxygen atoms in total. The van der Waals surface area contributed by atoms with Crippen LogP contribution in [0.1, 0.15) is 32.4 Å². The molecule has 0 saturated carbocycles. The minimum atomic E-state index is -3.46. The summed E-state index contributed by atoms with van der Waals surface area (Å²) in [6.45, 7) is 7.57. The Labute approximate surface area is 132 Å². The van der Waals surface area contributed by atoms with E-state index in [2.05, 4.69) is 4.90 Å². The third-order valence-corrected chi connectivity index (χ3v) is 5.94. The Balaban J connectivity index is 1.68. The molecule has 3 heterocycles. The van der Waals surface area contributed by atoms with Crippen LogP contribution in [0, 0.1) is 0 Å². The summed E-state index contributed by atoms with van der Waals surface area (Å²) in [5, 5.41) is 0.0683. The fraction of sp³-hybridized carbons (Fsp3) is 0.733. The number of ether oxygens (including phenoxy) is 1. The molecule has 2 aliphatic heterocycles. The van der Waals surface area contributed by atoms with E-state index in [-0.39, 0.29) is 17.3 Å². The molecule has 0 bridgehead atoms. The molecule has 2 fully saturated rings.